The zero-order valence-corrected chi connectivity index (χ0v) is 19.3. The van der Waals surface area contributed by atoms with E-state index >= 15 is 0 Å². The second kappa shape index (κ2) is 10.4. The second-order valence-corrected chi connectivity index (χ2v) is 8.01. The first kappa shape index (κ1) is 22.7. The van der Waals surface area contributed by atoms with E-state index in [4.69, 9.17) is 23.7 Å². The number of cyclic esters (lactones) is 1. The van der Waals surface area contributed by atoms with Crippen molar-refractivity contribution in [2.45, 2.75) is 18.9 Å². The minimum atomic E-state index is -0.494. The maximum absolute atomic E-state index is 12.4. The van der Waals surface area contributed by atoms with Gasteiger partial charge >= 0.3 is 6.09 Å². The summed E-state index contributed by atoms with van der Waals surface area (Å²) in [7, 11) is 1.58. The van der Waals surface area contributed by atoms with Crippen molar-refractivity contribution in [3.05, 3.63) is 84.0 Å². The molecule has 1 atom stereocenters. The highest BCUT2D eigenvalue weighted by Gasteiger charge is 2.36. The summed E-state index contributed by atoms with van der Waals surface area (Å²) in [5, 5.41) is 0. The van der Waals surface area contributed by atoms with E-state index in [9.17, 15) is 4.79 Å². The molecule has 35 heavy (non-hydrogen) atoms. The third-order valence-corrected chi connectivity index (χ3v) is 5.64. The van der Waals surface area contributed by atoms with E-state index in [1.807, 2.05) is 36.4 Å². The number of rotatable bonds is 8. The normalized spacial score (nSPS) is 19.7. The quantitative estimate of drug-likeness (QED) is 0.517. The van der Waals surface area contributed by atoms with Gasteiger partial charge in [0.15, 0.2) is 12.0 Å². The van der Waals surface area contributed by atoms with Crippen LogP contribution in [0.2, 0.25) is 0 Å². The van der Waals surface area contributed by atoms with E-state index in [2.05, 4.69) is 16.0 Å². The molecule has 0 aromatic carbocycles. The van der Waals surface area contributed by atoms with Gasteiger partial charge in [-0.25, -0.2) is 14.7 Å². The number of hydrogen-bond donors (Lipinski definition) is 0. The molecule has 2 aromatic rings. The molecule has 2 aliphatic heterocycles. The molecule has 1 fully saturated rings. The summed E-state index contributed by atoms with van der Waals surface area (Å²) in [5.41, 5.74) is 3.46. The van der Waals surface area contributed by atoms with Crippen molar-refractivity contribution in [3.8, 4) is 5.88 Å². The Hall–Kier alpha value is -4.11. The van der Waals surface area contributed by atoms with Crippen molar-refractivity contribution in [1.82, 2.24) is 14.9 Å². The molecule has 4 heterocycles. The standard InChI is InChI=1S/C26H25N3O6/c1-31-23-10-9-21-25(28-23)19(11-12-27-21)8-5-13-32-15-20-14-29(26(30)34-20)24-17-33-16-22(35-24)18-6-3-2-4-7-18/h2-3,5-6,8-12,16-17,20H,4,7,13-15H2,1H3/b8-5+/t20-/m0/s1. The molecule has 1 amide bonds. The van der Waals surface area contributed by atoms with E-state index in [1.54, 1.807) is 25.6 Å². The molecule has 180 valence electrons. The van der Waals surface area contributed by atoms with Crippen molar-refractivity contribution in [3.63, 3.8) is 0 Å². The smallest absolute Gasteiger partial charge is 0.417 e. The summed E-state index contributed by atoms with van der Waals surface area (Å²) >= 11 is 0. The molecule has 1 aliphatic carbocycles. The van der Waals surface area contributed by atoms with Crippen LogP contribution in [0, 0.1) is 0 Å². The maximum Gasteiger partial charge on any atom is 0.417 e. The Morgan fingerprint density at radius 2 is 2.20 bits per heavy atom. The Bertz CT molecular complexity index is 1260. The number of carbonyl (C=O) groups is 1. The van der Waals surface area contributed by atoms with Crippen molar-refractivity contribution < 1.29 is 28.5 Å². The van der Waals surface area contributed by atoms with Crippen LogP contribution in [0.5, 0.6) is 5.88 Å². The Kier molecular flexibility index (Phi) is 6.76. The van der Waals surface area contributed by atoms with Crippen molar-refractivity contribution in [2.75, 3.05) is 26.9 Å². The van der Waals surface area contributed by atoms with E-state index < -0.39 is 12.2 Å². The number of hydrogen-bond acceptors (Lipinski definition) is 8. The number of nitrogens with zero attached hydrogens (tertiary/aromatic N) is 3. The fraction of sp³-hybridized carbons (Fsp3) is 0.269. The molecule has 0 radical (unpaired) electrons. The number of amides is 1. The minimum Gasteiger partial charge on any atom is -0.481 e. The number of aromatic nitrogens is 2. The maximum atomic E-state index is 12.4. The molecule has 9 nitrogen and oxygen atoms in total. The van der Waals surface area contributed by atoms with Gasteiger partial charge in [0, 0.05) is 17.8 Å². The molecule has 0 unspecified atom stereocenters. The van der Waals surface area contributed by atoms with E-state index in [1.165, 1.54) is 11.2 Å². The van der Waals surface area contributed by atoms with Crippen LogP contribution in [0.4, 0.5) is 4.79 Å². The Morgan fingerprint density at radius 3 is 3.06 bits per heavy atom. The Balaban J connectivity index is 1.13. The average Bonchev–Trinajstić information content (AvgIpc) is 3.29. The fourth-order valence-corrected chi connectivity index (χ4v) is 3.89. The highest BCUT2D eigenvalue weighted by molar-refractivity contribution is 5.84. The van der Waals surface area contributed by atoms with Gasteiger partial charge in [-0.05, 0) is 30.5 Å². The van der Waals surface area contributed by atoms with Gasteiger partial charge in [0.1, 0.15) is 12.4 Å². The molecule has 3 aliphatic rings. The molecular formula is C26H25N3O6. The molecule has 1 saturated heterocycles. The summed E-state index contributed by atoms with van der Waals surface area (Å²) in [6.45, 7) is 0.907. The van der Waals surface area contributed by atoms with E-state index in [-0.39, 0.29) is 6.61 Å². The molecule has 9 heteroatoms. The molecule has 5 rings (SSSR count). The van der Waals surface area contributed by atoms with E-state index in [0.717, 1.165) is 35.0 Å². The minimum absolute atomic E-state index is 0.253. The highest BCUT2D eigenvalue weighted by atomic mass is 16.6. The summed E-state index contributed by atoms with van der Waals surface area (Å²) < 4.78 is 27.7. The molecule has 0 bridgehead atoms. The van der Waals surface area contributed by atoms with Crippen LogP contribution >= 0.6 is 0 Å². The Morgan fingerprint density at radius 1 is 1.26 bits per heavy atom. The zero-order chi connectivity index (χ0) is 24.0. The van der Waals surface area contributed by atoms with Crippen LogP contribution in [-0.4, -0.2) is 53.9 Å². The average molecular weight is 476 g/mol. The molecule has 0 saturated carbocycles. The van der Waals surface area contributed by atoms with Gasteiger partial charge in [0.05, 0.1) is 37.9 Å². The third-order valence-electron chi connectivity index (χ3n) is 5.64. The monoisotopic (exact) mass is 475 g/mol. The van der Waals surface area contributed by atoms with Gasteiger partial charge in [-0.3, -0.25) is 4.98 Å². The first-order valence-corrected chi connectivity index (χ1v) is 11.3. The lowest BCUT2D eigenvalue weighted by Gasteiger charge is -2.23. The van der Waals surface area contributed by atoms with Crippen LogP contribution in [0.3, 0.4) is 0 Å². The van der Waals surface area contributed by atoms with Crippen molar-refractivity contribution >= 4 is 23.2 Å². The molecule has 0 N–H and O–H groups in total. The summed E-state index contributed by atoms with van der Waals surface area (Å²) in [5.74, 6) is 1.43. The van der Waals surface area contributed by atoms with Crippen LogP contribution in [0.25, 0.3) is 17.1 Å². The number of carbonyl (C=O) groups excluding carboxylic acids is 1. The third kappa shape index (κ3) is 5.20. The topological polar surface area (TPSA) is 92.2 Å². The number of methoxy groups -OCH3 is 1. The second-order valence-electron chi connectivity index (χ2n) is 8.01. The van der Waals surface area contributed by atoms with Gasteiger partial charge in [0.2, 0.25) is 11.8 Å². The molecular weight excluding hydrogens is 450 g/mol. The van der Waals surface area contributed by atoms with Gasteiger partial charge in [-0.2, -0.15) is 0 Å². The Labute approximate surface area is 202 Å². The number of pyridine rings is 2. The van der Waals surface area contributed by atoms with Crippen LogP contribution in [0.1, 0.15) is 18.4 Å². The number of fused-ring (bicyclic) bond motifs is 1. The van der Waals surface area contributed by atoms with Gasteiger partial charge in [-0.15, -0.1) is 0 Å². The summed E-state index contributed by atoms with van der Waals surface area (Å²) in [4.78, 5) is 22.6. The lowest BCUT2D eigenvalue weighted by molar-refractivity contribution is 0.0579. The van der Waals surface area contributed by atoms with Crippen LogP contribution < -0.4 is 4.74 Å². The first-order chi connectivity index (χ1) is 17.2. The van der Waals surface area contributed by atoms with Gasteiger partial charge in [-0.1, -0.05) is 30.4 Å². The molecule has 2 aromatic heterocycles. The lowest BCUT2D eigenvalue weighted by Crippen LogP contribution is -2.28. The largest absolute Gasteiger partial charge is 0.481 e. The predicted molar refractivity (Wildman–Crippen MR) is 128 cm³/mol. The summed E-state index contributed by atoms with van der Waals surface area (Å²) in [6.07, 6.45) is 15.4. The number of allylic oxidation sites excluding steroid dienone is 4. The molecule has 0 spiro atoms. The van der Waals surface area contributed by atoms with Crippen LogP contribution in [-0.2, 0) is 18.9 Å². The van der Waals surface area contributed by atoms with Gasteiger partial charge in [0.25, 0.3) is 0 Å². The SMILES string of the molecule is COc1ccc2nccc(/C=C/COC[C@@H]3CN(C4=COC=C(C5=CC=CCC5)O4)C(=O)O3)c2n1. The summed E-state index contributed by atoms with van der Waals surface area (Å²) in [6, 6.07) is 5.53. The predicted octanol–water partition coefficient (Wildman–Crippen LogP) is 4.45. The number of ether oxygens (including phenoxy) is 5. The fourth-order valence-electron chi connectivity index (χ4n) is 3.89. The van der Waals surface area contributed by atoms with Gasteiger partial charge < -0.3 is 23.7 Å². The van der Waals surface area contributed by atoms with Crippen LogP contribution in [0.15, 0.2) is 78.4 Å². The first-order valence-electron chi connectivity index (χ1n) is 11.3. The van der Waals surface area contributed by atoms with E-state index in [0.29, 0.717) is 30.7 Å². The lowest BCUT2D eigenvalue weighted by atomic mass is 10.0. The van der Waals surface area contributed by atoms with Crippen molar-refractivity contribution in [1.29, 1.82) is 0 Å². The van der Waals surface area contributed by atoms with Crippen molar-refractivity contribution in [2.24, 2.45) is 0 Å². The zero-order valence-electron chi connectivity index (χ0n) is 19.3. The highest BCUT2D eigenvalue weighted by Crippen LogP contribution is 2.29.